The quantitative estimate of drug-likeness (QED) is 0.818. The summed E-state index contributed by atoms with van der Waals surface area (Å²) in [5, 5.41) is 3.46. The molecule has 1 N–H and O–H groups in total. The first-order valence-corrected chi connectivity index (χ1v) is 8.77. The highest BCUT2D eigenvalue weighted by molar-refractivity contribution is 6.15. The molecule has 25 heavy (non-hydrogen) atoms. The number of carbonyl (C=O) groups is 3. The van der Waals surface area contributed by atoms with Gasteiger partial charge in [0.15, 0.2) is 0 Å². The van der Waals surface area contributed by atoms with Crippen molar-refractivity contribution in [3.63, 3.8) is 0 Å². The van der Waals surface area contributed by atoms with Crippen molar-refractivity contribution in [1.82, 2.24) is 10.2 Å². The van der Waals surface area contributed by atoms with Crippen LogP contribution < -0.4 is 10.2 Å². The monoisotopic (exact) mass is 341 g/mol. The molecule has 0 aliphatic carbocycles. The van der Waals surface area contributed by atoms with Crippen molar-refractivity contribution in [1.29, 1.82) is 0 Å². The molecular weight excluding hydrogens is 318 g/mol. The molecule has 2 fully saturated rings. The molecule has 0 saturated carbocycles. The van der Waals surface area contributed by atoms with Crippen molar-refractivity contribution < 1.29 is 14.4 Å². The molecule has 1 aromatic rings. The molecule has 3 heterocycles. The van der Waals surface area contributed by atoms with Gasteiger partial charge in [0.25, 0.3) is 5.91 Å². The molecule has 1 aromatic carbocycles. The zero-order valence-electron chi connectivity index (χ0n) is 14.9. The van der Waals surface area contributed by atoms with Crippen molar-refractivity contribution >= 4 is 23.4 Å². The number of para-hydroxylation sites is 1. The zero-order chi connectivity index (χ0) is 18.1. The van der Waals surface area contributed by atoms with Crippen LogP contribution in [0.5, 0.6) is 0 Å². The van der Waals surface area contributed by atoms with Gasteiger partial charge in [0.05, 0.1) is 11.8 Å². The first kappa shape index (κ1) is 16.3. The maximum absolute atomic E-state index is 13.3. The Morgan fingerprint density at radius 2 is 1.76 bits per heavy atom. The smallest absolute Gasteiger partial charge is 0.252 e. The molecule has 2 saturated heterocycles. The second-order valence-electron chi connectivity index (χ2n) is 7.81. The van der Waals surface area contributed by atoms with Crippen LogP contribution in [0.1, 0.15) is 25.8 Å². The molecule has 1 spiro atoms. The maximum Gasteiger partial charge on any atom is 0.252 e. The number of carbonyl (C=O) groups excluding carboxylic acids is 3. The Morgan fingerprint density at radius 3 is 2.44 bits per heavy atom. The van der Waals surface area contributed by atoms with Gasteiger partial charge in [0.2, 0.25) is 11.8 Å². The summed E-state index contributed by atoms with van der Waals surface area (Å²) < 4.78 is 0. The van der Waals surface area contributed by atoms with Gasteiger partial charge in [-0.1, -0.05) is 32.0 Å². The minimum absolute atomic E-state index is 0.147. The molecule has 6 nitrogen and oxygen atoms in total. The first-order chi connectivity index (χ1) is 11.8. The maximum atomic E-state index is 13.3. The predicted octanol–water partition coefficient (Wildman–Crippen LogP) is 1.11. The number of hydrogen-bond acceptors (Lipinski definition) is 4. The van der Waals surface area contributed by atoms with E-state index in [9.17, 15) is 14.4 Å². The Bertz CT molecular complexity index is 790. The van der Waals surface area contributed by atoms with E-state index in [1.807, 2.05) is 24.3 Å². The largest absolute Gasteiger partial charge is 0.313 e. The van der Waals surface area contributed by atoms with Gasteiger partial charge in [0.1, 0.15) is 5.54 Å². The fourth-order valence-electron chi connectivity index (χ4n) is 4.91. The number of likely N-dealkylation sites (tertiary alicyclic amines) is 1. The highest BCUT2D eigenvalue weighted by Crippen LogP contribution is 2.54. The highest BCUT2D eigenvalue weighted by Gasteiger charge is 2.70. The van der Waals surface area contributed by atoms with Crippen molar-refractivity contribution in [2.24, 2.45) is 17.8 Å². The number of amides is 3. The van der Waals surface area contributed by atoms with E-state index >= 15 is 0 Å². The lowest BCUT2D eigenvalue weighted by atomic mass is 9.76. The van der Waals surface area contributed by atoms with E-state index in [0.717, 1.165) is 17.7 Å². The van der Waals surface area contributed by atoms with Crippen LogP contribution in [0.15, 0.2) is 24.3 Å². The number of fused-ring (bicyclic) bond motifs is 4. The van der Waals surface area contributed by atoms with E-state index in [2.05, 4.69) is 19.2 Å². The van der Waals surface area contributed by atoms with Gasteiger partial charge in [-0.2, -0.15) is 0 Å². The van der Waals surface area contributed by atoms with Crippen molar-refractivity contribution in [2.75, 3.05) is 19.0 Å². The standard InChI is InChI=1S/C19H23N3O3/c1-10(2)9-12-14-15(17(24)22(4)16(14)23)19(20-12)11-7-5-6-8-13(11)21(3)18(19)25/h5-8,10,12,14-15,20H,9H2,1-4H3/t12-,14+,15-,19-/m0/s1. The highest BCUT2D eigenvalue weighted by atomic mass is 16.2. The van der Waals surface area contributed by atoms with Crippen LogP contribution in [0.2, 0.25) is 0 Å². The summed E-state index contributed by atoms with van der Waals surface area (Å²) in [5.74, 6) is -1.38. The molecule has 0 radical (unpaired) electrons. The summed E-state index contributed by atoms with van der Waals surface area (Å²) in [5.41, 5.74) is 0.478. The van der Waals surface area contributed by atoms with Gasteiger partial charge in [-0.15, -0.1) is 0 Å². The Labute approximate surface area is 147 Å². The van der Waals surface area contributed by atoms with Crippen molar-refractivity contribution in [2.45, 2.75) is 31.8 Å². The second kappa shape index (κ2) is 5.14. The predicted molar refractivity (Wildman–Crippen MR) is 92.7 cm³/mol. The molecule has 4 rings (SSSR count). The molecule has 0 bridgehead atoms. The summed E-state index contributed by atoms with van der Waals surface area (Å²) in [6, 6.07) is 7.36. The van der Waals surface area contributed by atoms with Crippen LogP contribution in [-0.4, -0.2) is 42.8 Å². The Balaban J connectivity index is 1.92. The molecule has 3 aliphatic rings. The summed E-state index contributed by atoms with van der Waals surface area (Å²) >= 11 is 0. The van der Waals surface area contributed by atoms with E-state index in [1.54, 1.807) is 11.9 Å². The lowest BCUT2D eigenvalue weighted by molar-refractivity contribution is -0.141. The summed E-state index contributed by atoms with van der Waals surface area (Å²) in [6.07, 6.45) is 0.745. The van der Waals surface area contributed by atoms with E-state index in [0.29, 0.717) is 5.92 Å². The van der Waals surface area contributed by atoms with Crippen molar-refractivity contribution in [3.8, 4) is 0 Å². The molecule has 6 heteroatoms. The summed E-state index contributed by atoms with van der Waals surface area (Å²) in [6.45, 7) is 4.17. The third kappa shape index (κ3) is 1.86. The first-order valence-electron chi connectivity index (χ1n) is 8.77. The fraction of sp³-hybridized carbons (Fsp3) is 0.526. The molecule has 132 valence electrons. The van der Waals surface area contributed by atoms with E-state index in [4.69, 9.17) is 0 Å². The lowest BCUT2D eigenvalue weighted by Crippen LogP contribution is -2.54. The van der Waals surface area contributed by atoms with Crippen LogP contribution in [0.25, 0.3) is 0 Å². The second-order valence-corrected chi connectivity index (χ2v) is 7.81. The summed E-state index contributed by atoms with van der Waals surface area (Å²) in [4.78, 5) is 41.8. The van der Waals surface area contributed by atoms with Crippen molar-refractivity contribution in [3.05, 3.63) is 29.8 Å². The minimum atomic E-state index is -1.13. The SMILES string of the molecule is CC(C)C[C@@H]1N[C@]2(C(=O)N(C)c3ccccc32)[C@@H]2C(=O)N(C)C(=O)[C@H]12. The number of nitrogens with one attached hydrogen (secondary N) is 1. The van der Waals surface area contributed by atoms with Gasteiger partial charge in [-0.05, 0) is 18.4 Å². The molecule has 0 unspecified atom stereocenters. The molecule has 0 aromatic heterocycles. The third-order valence-electron chi connectivity index (χ3n) is 5.94. The van der Waals surface area contributed by atoms with Crippen LogP contribution in [0, 0.1) is 17.8 Å². The van der Waals surface area contributed by atoms with Gasteiger partial charge in [-0.3, -0.25) is 24.6 Å². The number of anilines is 1. The zero-order valence-corrected chi connectivity index (χ0v) is 14.9. The molecule has 3 aliphatic heterocycles. The third-order valence-corrected chi connectivity index (χ3v) is 5.94. The Hall–Kier alpha value is -2.21. The van der Waals surface area contributed by atoms with Crippen LogP contribution in [0.3, 0.4) is 0 Å². The van der Waals surface area contributed by atoms with Crippen LogP contribution in [0.4, 0.5) is 5.69 Å². The van der Waals surface area contributed by atoms with E-state index < -0.39 is 17.4 Å². The average molecular weight is 341 g/mol. The molecular formula is C19H23N3O3. The van der Waals surface area contributed by atoms with E-state index in [-0.39, 0.29) is 23.8 Å². The molecule has 3 amide bonds. The Morgan fingerprint density at radius 1 is 1.08 bits per heavy atom. The average Bonchev–Trinajstić information content (AvgIpc) is 3.10. The van der Waals surface area contributed by atoms with E-state index in [1.165, 1.54) is 11.9 Å². The van der Waals surface area contributed by atoms with Gasteiger partial charge in [-0.25, -0.2) is 0 Å². The van der Waals surface area contributed by atoms with Gasteiger partial charge < -0.3 is 4.90 Å². The molecule has 4 atom stereocenters. The van der Waals surface area contributed by atoms with Crippen LogP contribution >= 0.6 is 0 Å². The minimum Gasteiger partial charge on any atom is -0.313 e. The number of hydrogen-bond donors (Lipinski definition) is 1. The number of rotatable bonds is 2. The number of likely N-dealkylation sites (N-methyl/N-ethyl adjacent to an activating group) is 1. The summed E-state index contributed by atoms with van der Waals surface area (Å²) in [7, 11) is 3.26. The number of imide groups is 1. The van der Waals surface area contributed by atoms with Crippen LogP contribution in [-0.2, 0) is 19.9 Å². The van der Waals surface area contributed by atoms with Gasteiger partial charge in [0, 0.05) is 31.4 Å². The van der Waals surface area contributed by atoms with Gasteiger partial charge >= 0.3 is 0 Å². The number of benzene rings is 1. The fourth-order valence-corrected chi connectivity index (χ4v) is 4.91. The topological polar surface area (TPSA) is 69.7 Å². The number of nitrogens with zero attached hydrogens (tertiary/aromatic N) is 2. The normalized spacial score (nSPS) is 33.8. The Kier molecular flexibility index (Phi) is 3.35. The lowest BCUT2D eigenvalue weighted by Gasteiger charge is -2.29.